The molecule has 0 saturated carbocycles. The van der Waals surface area contributed by atoms with Gasteiger partial charge in [0, 0.05) is 16.8 Å². The standard InChI is InChI=1S/C33H30NOP/c1-33(32-24-11-13-26-34-32,25-12-10-16-28-18-14-17-27-15-8-9-23-31(27)28)36(35,29-19-4-2-5-20-29)30-21-6-3-7-22-30/h2-9,11-15,17-26H,10,16H2,1H3/b25-12+/t33-/m1/s1. The van der Waals surface area contributed by atoms with Gasteiger partial charge in [0.15, 0.2) is 7.14 Å². The molecule has 0 bridgehead atoms. The molecule has 0 aliphatic rings. The summed E-state index contributed by atoms with van der Waals surface area (Å²) in [4.78, 5) is 4.72. The van der Waals surface area contributed by atoms with Crippen molar-refractivity contribution in [1.29, 1.82) is 0 Å². The number of aromatic nitrogens is 1. The molecule has 5 aromatic rings. The zero-order valence-electron chi connectivity index (χ0n) is 20.5. The number of fused-ring (bicyclic) bond motifs is 1. The molecule has 1 heterocycles. The summed E-state index contributed by atoms with van der Waals surface area (Å²) in [5.74, 6) is 0. The van der Waals surface area contributed by atoms with Gasteiger partial charge in [-0.25, -0.2) is 0 Å². The Labute approximate surface area is 213 Å². The van der Waals surface area contributed by atoms with Gasteiger partial charge in [0.2, 0.25) is 0 Å². The summed E-state index contributed by atoms with van der Waals surface area (Å²) >= 11 is 0. The van der Waals surface area contributed by atoms with Crippen LogP contribution in [0.25, 0.3) is 10.8 Å². The number of pyridine rings is 1. The van der Waals surface area contributed by atoms with Gasteiger partial charge in [-0.2, -0.15) is 0 Å². The van der Waals surface area contributed by atoms with Gasteiger partial charge in [-0.1, -0.05) is 121 Å². The number of nitrogens with zero attached hydrogens (tertiary/aromatic N) is 1. The van der Waals surface area contributed by atoms with Gasteiger partial charge in [-0.3, -0.25) is 4.98 Å². The molecule has 4 aromatic carbocycles. The van der Waals surface area contributed by atoms with Crippen LogP contribution in [0.2, 0.25) is 0 Å². The monoisotopic (exact) mass is 487 g/mol. The zero-order valence-corrected chi connectivity index (χ0v) is 21.4. The minimum absolute atomic E-state index is 0.808. The topological polar surface area (TPSA) is 30.0 Å². The van der Waals surface area contributed by atoms with E-state index in [1.165, 1.54) is 16.3 Å². The van der Waals surface area contributed by atoms with E-state index < -0.39 is 12.3 Å². The molecule has 36 heavy (non-hydrogen) atoms. The highest BCUT2D eigenvalue weighted by molar-refractivity contribution is 7.79. The minimum atomic E-state index is -3.17. The number of aryl methyl sites for hydroxylation is 1. The van der Waals surface area contributed by atoms with Crippen LogP contribution in [-0.2, 0) is 16.1 Å². The van der Waals surface area contributed by atoms with Crippen LogP contribution in [0.5, 0.6) is 0 Å². The van der Waals surface area contributed by atoms with E-state index in [1.54, 1.807) is 6.20 Å². The first-order chi connectivity index (χ1) is 17.6. The maximum Gasteiger partial charge on any atom is 0.158 e. The Kier molecular flexibility index (Phi) is 6.98. The van der Waals surface area contributed by atoms with Crippen molar-refractivity contribution in [2.75, 3.05) is 0 Å². The number of hydrogen-bond acceptors (Lipinski definition) is 2. The Morgan fingerprint density at radius 1 is 0.722 bits per heavy atom. The molecule has 1 atom stereocenters. The third kappa shape index (κ3) is 4.45. The average molecular weight is 488 g/mol. The molecule has 0 unspecified atom stereocenters. The second kappa shape index (κ2) is 10.5. The minimum Gasteiger partial charge on any atom is -0.312 e. The highest BCUT2D eigenvalue weighted by atomic mass is 31.2. The van der Waals surface area contributed by atoms with E-state index >= 15 is 4.57 Å². The molecular weight excluding hydrogens is 457 g/mol. The molecule has 0 fully saturated rings. The average Bonchev–Trinajstić information content (AvgIpc) is 2.96. The van der Waals surface area contributed by atoms with E-state index in [9.17, 15) is 0 Å². The lowest BCUT2D eigenvalue weighted by Crippen LogP contribution is -2.33. The largest absolute Gasteiger partial charge is 0.312 e. The van der Waals surface area contributed by atoms with E-state index in [4.69, 9.17) is 4.98 Å². The molecule has 3 heteroatoms. The van der Waals surface area contributed by atoms with E-state index in [-0.39, 0.29) is 0 Å². The van der Waals surface area contributed by atoms with Gasteiger partial charge in [-0.05, 0) is 48.2 Å². The molecule has 0 aliphatic carbocycles. The Bertz CT molecular complexity index is 1460. The summed E-state index contributed by atoms with van der Waals surface area (Å²) in [6, 6.07) is 40.6. The van der Waals surface area contributed by atoms with Crippen molar-refractivity contribution >= 4 is 28.5 Å². The zero-order chi connectivity index (χ0) is 24.8. The first kappa shape index (κ1) is 24.0. The first-order valence-electron chi connectivity index (χ1n) is 12.4. The molecule has 1 aromatic heterocycles. The van der Waals surface area contributed by atoms with Crippen molar-refractivity contribution in [3.8, 4) is 0 Å². The van der Waals surface area contributed by atoms with Crippen molar-refractivity contribution in [1.82, 2.24) is 4.98 Å². The molecule has 2 nitrogen and oxygen atoms in total. The van der Waals surface area contributed by atoms with Crippen LogP contribution in [0.3, 0.4) is 0 Å². The third-order valence-electron chi connectivity index (χ3n) is 6.98. The van der Waals surface area contributed by atoms with Crippen molar-refractivity contribution in [3.63, 3.8) is 0 Å². The van der Waals surface area contributed by atoms with Crippen LogP contribution in [0.15, 0.2) is 140 Å². The van der Waals surface area contributed by atoms with Crippen LogP contribution < -0.4 is 10.6 Å². The fourth-order valence-corrected chi connectivity index (χ4v) is 8.36. The molecule has 178 valence electrons. The SMILES string of the molecule is C[C@@](/C=C/CCc1cccc2ccccc12)(c1ccccn1)P(=O)(c1ccccc1)c1ccccc1. The predicted octanol–water partition coefficient (Wildman–Crippen LogP) is 7.65. The molecule has 0 saturated heterocycles. The highest BCUT2D eigenvalue weighted by Crippen LogP contribution is 2.61. The van der Waals surface area contributed by atoms with Crippen LogP contribution in [0.1, 0.15) is 24.6 Å². The van der Waals surface area contributed by atoms with Crippen LogP contribution in [0, 0.1) is 0 Å². The van der Waals surface area contributed by atoms with Gasteiger partial charge in [0.25, 0.3) is 0 Å². The summed E-state index contributed by atoms with van der Waals surface area (Å²) in [7, 11) is -3.17. The van der Waals surface area contributed by atoms with Crippen molar-refractivity contribution in [3.05, 3.63) is 151 Å². The first-order valence-corrected chi connectivity index (χ1v) is 14.1. The second-order valence-corrected chi connectivity index (χ2v) is 12.4. The molecule has 0 N–H and O–H groups in total. The maximum absolute atomic E-state index is 15.4. The summed E-state index contributed by atoms with van der Waals surface area (Å²) < 4.78 is 15.4. The van der Waals surface area contributed by atoms with E-state index in [2.05, 4.69) is 61.5 Å². The van der Waals surface area contributed by atoms with Crippen LogP contribution in [0.4, 0.5) is 0 Å². The predicted molar refractivity (Wildman–Crippen MR) is 153 cm³/mol. The normalized spacial score (nSPS) is 13.6. The Morgan fingerprint density at radius 3 is 2.00 bits per heavy atom. The maximum atomic E-state index is 15.4. The number of rotatable bonds is 8. The summed E-state index contributed by atoms with van der Waals surface area (Å²) in [6.45, 7) is 2.07. The Morgan fingerprint density at radius 2 is 1.33 bits per heavy atom. The lowest BCUT2D eigenvalue weighted by molar-refractivity contribution is 0.567. The van der Waals surface area contributed by atoms with Crippen molar-refractivity contribution < 1.29 is 4.57 Å². The summed E-state index contributed by atoms with van der Waals surface area (Å²) in [5.41, 5.74) is 2.13. The van der Waals surface area contributed by atoms with Crippen molar-refractivity contribution in [2.45, 2.75) is 24.9 Å². The number of benzene rings is 4. The quantitative estimate of drug-likeness (QED) is 0.166. The molecule has 0 amide bonds. The molecule has 0 radical (unpaired) electrons. The van der Waals surface area contributed by atoms with E-state index in [0.717, 1.165) is 29.1 Å². The summed E-state index contributed by atoms with van der Waals surface area (Å²) in [5, 5.41) is 3.41. The fourth-order valence-electron chi connectivity index (χ4n) is 5.04. The fraction of sp³-hybridized carbons (Fsp3) is 0.121. The van der Waals surface area contributed by atoms with E-state index in [1.807, 2.05) is 78.9 Å². The van der Waals surface area contributed by atoms with Crippen LogP contribution >= 0.6 is 7.14 Å². The number of hydrogen-bond donors (Lipinski definition) is 0. The molecule has 0 spiro atoms. The molecule has 5 rings (SSSR count). The molecule has 0 aliphatic heterocycles. The lowest BCUT2D eigenvalue weighted by Gasteiger charge is -2.36. The Balaban J connectivity index is 1.57. The van der Waals surface area contributed by atoms with Gasteiger partial charge in [-0.15, -0.1) is 0 Å². The van der Waals surface area contributed by atoms with Gasteiger partial charge >= 0.3 is 0 Å². The molecular formula is C33H30NOP. The van der Waals surface area contributed by atoms with Crippen molar-refractivity contribution in [2.24, 2.45) is 0 Å². The highest BCUT2D eigenvalue weighted by Gasteiger charge is 2.47. The summed E-state index contributed by atoms with van der Waals surface area (Å²) in [6.07, 6.45) is 7.88. The number of allylic oxidation sites excluding steroid dienone is 2. The van der Waals surface area contributed by atoms with Gasteiger partial charge < -0.3 is 4.57 Å². The van der Waals surface area contributed by atoms with Crippen LogP contribution in [-0.4, -0.2) is 4.98 Å². The third-order valence-corrected chi connectivity index (χ3v) is 10.7. The van der Waals surface area contributed by atoms with Gasteiger partial charge in [0.1, 0.15) is 0 Å². The second-order valence-electron chi connectivity index (χ2n) is 9.22. The Hall–Kier alpha value is -3.74. The van der Waals surface area contributed by atoms with E-state index in [0.29, 0.717) is 0 Å². The van der Waals surface area contributed by atoms with Gasteiger partial charge in [0.05, 0.1) is 10.9 Å². The lowest BCUT2D eigenvalue weighted by atomic mass is 10.00. The smallest absolute Gasteiger partial charge is 0.158 e.